The molecule has 9 heteroatoms. The number of nitrogens with zero attached hydrogens (tertiary/aromatic N) is 1. The number of hydrogen-bond acceptors (Lipinski definition) is 5. The van der Waals surface area contributed by atoms with Crippen molar-refractivity contribution in [2.45, 2.75) is 11.8 Å². The lowest BCUT2D eigenvalue weighted by Crippen LogP contribution is -2.15. The van der Waals surface area contributed by atoms with Crippen LogP contribution < -0.4 is 15.8 Å². The molecule has 1 amide bonds. The molecule has 2 rings (SSSR count). The molecule has 26 heavy (non-hydrogen) atoms. The fourth-order valence-electron chi connectivity index (χ4n) is 1.96. The fourth-order valence-corrected chi connectivity index (χ4v) is 2.65. The average molecular weight is 391 g/mol. The lowest BCUT2D eigenvalue weighted by atomic mass is 10.2. The summed E-state index contributed by atoms with van der Waals surface area (Å²) < 4.78 is 22.4. The van der Waals surface area contributed by atoms with Gasteiger partial charge in [0.2, 0.25) is 10.0 Å². The third kappa shape index (κ3) is 5.07. The summed E-state index contributed by atoms with van der Waals surface area (Å²) in [5.41, 5.74) is 1.62. The van der Waals surface area contributed by atoms with Gasteiger partial charge in [-0.2, -0.15) is 5.26 Å². The van der Waals surface area contributed by atoms with E-state index < -0.39 is 15.9 Å². The van der Waals surface area contributed by atoms with Crippen LogP contribution in [0.3, 0.4) is 0 Å². The van der Waals surface area contributed by atoms with E-state index >= 15 is 0 Å². The molecule has 2 aromatic carbocycles. The van der Waals surface area contributed by atoms with E-state index in [0.29, 0.717) is 16.4 Å². The Hall–Kier alpha value is -2.86. The Bertz CT molecular complexity index is 1010. The lowest BCUT2D eigenvalue weighted by molar-refractivity contribution is -0.112. The number of nitriles is 1. The van der Waals surface area contributed by atoms with Crippen LogP contribution in [0.4, 0.5) is 11.4 Å². The predicted octanol–water partition coefficient (Wildman–Crippen LogP) is 2.75. The van der Waals surface area contributed by atoms with Crippen molar-refractivity contribution in [3.05, 3.63) is 64.8 Å². The predicted molar refractivity (Wildman–Crippen MR) is 100.0 cm³/mol. The topological polar surface area (TPSA) is 125 Å². The molecule has 0 atom stereocenters. The van der Waals surface area contributed by atoms with Crippen molar-refractivity contribution < 1.29 is 13.2 Å². The Morgan fingerprint density at radius 2 is 1.88 bits per heavy atom. The molecule has 0 heterocycles. The SMILES string of the molecule is Cc1ccc(Cl)cc1NC(=O)/C(C#N)=C\Nc1ccc(S(N)(=O)=O)cc1. The standard InChI is InChI=1S/C17H15ClN4O3S/c1-11-2-3-13(18)8-16(11)22-17(23)12(9-19)10-21-14-4-6-15(7-5-14)26(20,24)25/h2-8,10,21H,1H3,(H,22,23)(H2,20,24,25)/b12-10-. The molecule has 4 N–H and O–H groups in total. The smallest absolute Gasteiger partial charge is 0.267 e. The van der Waals surface area contributed by atoms with Crippen LogP contribution in [-0.4, -0.2) is 14.3 Å². The van der Waals surface area contributed by atoms with E-state index in [4.69, 9.17) is 16.7 Å². The quantitative estimate of drug-likeness (QED) is 0.534. The number of amides is 1. The summed E-state index contributed by atoms with van der Waals surface area (Å²) in [6.07, 6.45) is 1.22. The summed E-state index contributed by atoms with van der Waals surface area (Å²) in [5, 5.41) is 20.0. The normalized spacial score (nSPS) is 11.5. The molecule has 0 aliphatic rings. The number of benzene rings is 2. The van der Waals surface area contributed by atoms with E-state index in [1.165, 1.54) is 30.5 Å². The molecule has 0 aliphatic carbocycles. The van der Waals surface area contributed by atoms with E-state index in [1.54, 1.807) is 31.2 Å². The molecule has 134 valence electrons. The number of rotatable bonds is 5. The number of carbonyl (C=O) groups excluding carboxylic acids is 1. The van der Waals surface area contributed by atoms with Crippen LogP contribution in [0.5, 0.6) is 0 Å². The van der Waals surface area contributed by atoms with Crippen LogP contribution >= 0.6 is 11.6 Å². The van der Waals surface area contributed by atoms with Crippen molar-refractivity contribution in [2.75, 3.05) is 10.6 Å². The van der Waals surface area contributed by atoms with Gasteiger partial charge in [-0.05, 0) is 48.9 Å². The zero-order valence-electron chi connectivity index (χ0n) is 13.7. The van der Waals surface area contributed by atoms with Gasteiger partial charge in [0.15, 0.2) is 0 Å². The zero-order chi connectivity index (χ0) is 19.3. The summed E-state index contributed by atoms with van der Waals surface area (Å²) >= 11 is 5.90. The fraction of sp³-hybridized carbons (Fsp3) is 0.0588. The van der Waals surface area contributed by atoms with Crippen LogP contribution in [0.15, 0.2) is 59.1 Å². The average Bonchev–Trinajstić information content (AvgIpc) is 2.58. The maximum absolute atomic E-state index is 12.2. The zero-order valence-corrected chi connectivity index (χ0v) is 15.2. The number of aryl methyl sites for hydroxylation is 1. The first-order chi connectivity index (χ1) is 12.2. The van der Waals surface area contributed by atoms with Gasteiger partial charge in [-0.3, -0.25) is 4.79 Å². The highest BCUT2D eigenvalue weighted by atomic mass is 35.5. The van der Waals surface area contributed by atoms with Crippen molar-refractivity contribution in [2.24, 2.45) is 5.14 Å². The van der Waals surface area contributed by atoms with Gasteiger partial charge >= 0.3 is 0 Å². The van der Waals surface area contributed by atoms with Crippen LogP contribution in [0.1, 0.15) is 5.56 Å². The summed E-state index contributed by atoms with van der Waals surface area (Å²) in [6, 6.07) is 12.4. The maximum atomic E-state index is 12.2. The molecule has 0 fully saturated rings. The molecular formula is C17H15ClN4O3S. The van der Waals surface area contributed by atoms with Crippen molar-refractivity contribution >= 4 is 38.9 Å². The molecule has 0 saturated carbocycles. The van der Waals surface area contributed by atoms with Gasteiger partial charge in [-0.1, -0.05) is 17.7 Å². The summed E-state index contributed by atoms with van der Waals surface area (Å²) in [6.45, 7) is 1.80. The third-order valence-electron chi connectivity index (χ3n) is 3.38. The Morgan fingerprint density at radius 3 is 2.46 bits per heavy atom. The molecule has 0 bridgehead atoms. The molecule has 0 saturated heterocycles. The van der Waals surface area contributed by atoms with Crippen molar-refractivity contribution in [3.8, 4) is 6.07 Å². The Kier molecular flexibility index (Phi) is 6.00. The van der Waals surface area contributed by atoms with E-state index in [0.717, 1.165) is 5.56 Å². The number of halogens is 1. The van der Waals surface area contributed by atoms with E-state index in [-0.39, 0.29) is 10.5 Å². The third-order valence-corrected chi connectivity index (χ3v) is 4.54. The van der Waals surface area contributed by atoms with Gasteiger partial charge < -0.3 is 10.6 Å². The number of anilines is 2. The summed E-state index contributed by atoms with van der Waals surface area (Å²) in [7, 11) is -3.78. The Labute approximate surface area is 156 Å². The molecule has 0 aromatic heterocycles. The Morgan fingerprint density at radius 1 is 1.23 bits per heavy atom. The molecular weight excluding hydrogens is 376 g/mol. The molecule has 0 aliphatic heterocycles. The first-order valence-electron chi connectivity index (χ1n) is 7.28. The monoisotopic (exact) mass is 390 g/mol. The molecule has 0 unspecified atom stereocenters. The summed E-state index contributed by atoms with van der Waals surface area (Å²) in [5.74, 6) is -0.605. The van der Waals surface area contributed by atoms with E-state index in [9.17, 15) is 18.5 Å². The molecule has 2 aromatic rings. The number of hydrogen-bond donors (Lipinski definition) is 3. The number of nitrogens with one attached hydrogen (secondary N) is 2. The van der Waals surface area contributed by atoms with Crippen molar-refractivity contribution in [3.63, 3.8) is 0 Å². The largest absolute Gasteiger partial charge is 0.360 e. The highest BCUT2D eigenvalue weighted by Gasteiger charge is 2.11. The van der Waals surface area contributed by atoms with Gasteiger partial charge in [0.05, 0.1) is 4.90 Å². The van der Waals surface area contributed by atoms with E-state index in [1.807, 2.05) is 0 Å². The van der Waals surface area contributed by atoms with E-state index in [2.05, 4.69) is 10.6 Å². The number of primary sulfonamides is 1. The van der Waals surface area contributed by atoms with Gasteiger partial charge in [-0.15, -0.1) is 0 Å². The number of sulfonamides is 1. The number of carbonyl (C=O) groups is 1. The van der Waals surface area contributed by atoms with Crippen molar-refractivity contribution in [1.82, 2.24) is 0 Å². The molecule has 0 spiro atoms. The van der Waals surface area contributed by atoms with Crippen LogP contribution in [-0.2, 0) is 14.8 Å². The minimum atomic E-state index is -3.78. The van der Waals surface area contributed by atoms with Crippen LogP contribution in [0.25, 0.3) is 0 Å². The first kappa shape index (κ1) is 19.5. The number of nitrogens with two attached hydrogens (primary N) is 1. The Balaban J connectivity index is 2.13. The van der Waals surface area contributed by atoms with Gasteiger partial charge in [0.25, 0.3) is 5.91 Å². The second-order valence-corrected chi connectivity index (χ2v) is 7.29. The second kappa shape index (κ2) is 8.01. The van der Waals surface area contributed by atoms with Gasteiger partial charge in [0.1, 0.15) is 11.6 Å². The highest BCUT2D eigenvalue weighted by Crippen LogP contribution is 2.21. The first-order valence-corrected chi connectivity index (χ1v) is 9.20. The molecule has 0 radical (unpaired) electrons. The van der Waals surface area contributed by atoms with Gasteiger partial charge in [0, 0.05) is 22.6 Å². The molecule has 7 nitrogen and oxygen atoms in total. The maximum Gasteiger partial charge on any atom is 0.267 e. The summed E-state index contributed by atoms with van der Waals surface area (Å²) in [4.78, 5) is 12.2. The second-order valence-electron chi connectivity index (χ2n) is 5.30. The van der Waals surface area contributed by atoms with Crippen LogP contribution in [0.2, 0.25) is 5.02 Å². The lowest BCUT2D eigenvalue weighted by Gasteiger charge is -2.08. The minimum absolute atomic E-state index is 0.0401. The van der Waals surface area contributed by atoms with Crippen LogP contribution in [0, 0.1) is 18.3 Å². The minimum Gasteiger partial charge on any atom is -0.360 e. The van der Waals surface area contributed by atoms with Crippen molar-refractivity contribution in [1.29, 1.82) is 5.26 Å². The van der Waals surface area contributed by atoms with Gasteiger partial charge in [-0.25, -0.2) is 13.6 Å². The highest BCUT2D eigenvalue weighted by molar-refractivity contribution is 7.89.